The first-order valence-electron chi connectivity index (χ1n) is 10.7. The van der Waals surface area contributed by atoms with Crippen LogP contribution in [0.25, 0.3) is 5.69 Å². The highest BCUT2D eigenvalue weighted by Crippen LogP contribution is 2.19. The van der Waals surface area contributed by atoms with Crippen LogP contribution in [-0.2, 0) is 11.2 Å². The molecule has 3 amide bonds. The van der Waals surface area contributed by atoms with Gasteiger partial charge in [-0.15, -0.1) is 0 Å². The number of nitrogens with zero attached hydrogens (tertiary/aromatic N) is 3. The van der Waals surface area contributed by atoms with Crippen LogP contribution in [0.5, 0.6) is 0 Å². The molecule has 0 spiro atoms. The van der Waals surface area contributed by atoms with Gasteiger partial charge >= 0.3 is 6.03 Å². The summed E-state index contributed by atoms with van der Waals surface area (Å²) in [5.41, 5.74) is 2.98. The molecule has 7 nitrogen and oxygen atoms in total. The Kier molecular flexibility index (Phi) is 6.62. The number of nitrogens with one attached hydrogen (secondary N) is 2. The van der Waals surface area contributed by atoms with Crippen LogP contribution >= 0.6 is 0 Å². The van der Waals surface area contributed by atoms with Gasteiger partial charge in [0.25, 0.3) is 0 Å². The average Bonchev–Trinajstić information content (AvgIpc) is 3.35. The Morgan fingerprint density at radius 1 is 0.968 bits per heavy atom. The van der Waals surface area contributed by atoms with Gasteiger partial charge in [0.2, 0.25) is 5.91 Å². The Morgan fingerprint density at radius 2 is 1.71 bits per heavy atom. The van der Waals surface area contributed by atoms with E-state index in [-0.39, 0.29) is 17.9 Å². The molecule has 1 aliphatic heterocycles. The van der Waals surface area contributed by atoms with E-state index in [9.17, 15) is 9.59 Å². The molecule has 3 aromatic rings. The number of piperidine rings is 1. The molecule has 0 aliphatic carbocycles. The number of urea groups is 1. The van der Waals surface area contributed by atoms with Crippen LogP contribution in [0, 0.1) is 5.92 Å². The lowest BCUT2D eigenvalue weighted by Gasteiger charge is -2.31. The van der Waals surface area contributed by atoms with Crippen LogP contribution in [0.2, 0.25) is 0 Å². The summed E-state index contributed by atoms with van der Waals surface area (Å²) in [6, 6.07) is 19.5. The second-order valence-electron chi connectivity index (χ2n) is 7.72. The Morgan fingerprint density at radius 3 is 2.39 bits per heavy atom. The number of carbonyl (C=O) groups is 2. The summed E-state index contributed by atoms with van der Waals surface area (Å²) < 4.78 is 1.81. The number of anilines is 1. The third-order valence-corrected chi connectivity index (χ3v) is 5.59. The fourth-order valence-corrected chi connectivity index (χ4v) is 3.77. The predicted molar refractivity (Wildman–Crippen MR) is 120 cm³/mol. The largest absolute Gasteiger partial charge is 0.338 e. The van der Waals surface area contributed by atoms with E-state index in [1.54, 1.807) is 11.1 Å². The molecule has 1 aromatic heterocycles. The molecular weight excluding hydrogens is 390 g/mol. The monoisotopic (exact) mass is 417 g/mol. The quantitative estimate of drug-likeness (QED) is 0.645. The van der Waals surface area contributed by atoms with E-state index in [1.165, 1.54) is 0 Å². The van der Waals surface area contributed by atoms with Gasteiger partial charge in [0.15, 0.2) is 0 Å². The van der Waals surface area contributed by atoms with Crippen molar-refractivity contribution in [3.05, 3.63) is 78.6 Å². The third kappa shape index (κ3) is 5.51. The summed E-state index contributed by atoms with van der Waals surface area (Å²) in [5, 5.41) is 10.2. The molecule has 4 rings (SSSR count). The highest BCUT2D eigenvalue weighted by molar-refractivity contribution is 5.92. The Hall–Kier alpha value is -3.61. The first-order chi connectivity index (χ1) is 15.2. The molecule has 1 saturated heterocycles. The maximum Gasteiger partial charge on any atom is 0.317 e. The third-order valence-electron chi connectivity index (χ3n) is 5.59. The number of carbonyl (C=O) groups excluding carboxylic acids is 2. The van der Waals surface area contributed by atoms with Crippen LogP contribution in [0.1, 0.15) is 18.4 Å². The number of benzene rings is 2. The van der Waals surface area contributed by atoms with E-state index >= 15 is 0 Å². The fourth-order valence-electron chi connectivity index (χ4n) is 3.77. The second kappa shape index (κ2) is 9.93. The summed E-state index contributed by atoms with van der Waals surface area (Å²) in [4.78, 5) is 26.7. The number of likely N-dealkylation sites (tertiary alicyclic amines) is 1. The molecule has 31 heavy (non-hydrogen) atoms. The first kappa shape index (κ1) is 20.7. The van der Waals surface area contributed by atoms with Crippen molar-refractivity contribution in [1.82, 2.24) is 20.0 Å². The number of aromatic nitrogens is 2. The smallest absolute Gasteiger partial charge is 0.317 e. The fraction of sp³-hybridized carbons (Fsp3) is 0.292. The molecular formula is C24H27N5O2. The zero-order valence-electron chi connectivity index (χ0n) is 17.4. The van der Waals surface area contributed by atoms with Gasteiger partial charge in [-0.1, -0.05) is 30.3 Å². The summed E-state index contributed by atoms with van der Waals surface area (Å²) in [6.07, 6.45) is 5.79. The van der Waals surface area contributed by atoms with Crippen molar-refractivity contribution in [3.63, 3.8) is 0 Å². The number of hydrogen-bond donors (Lipinski definition) is 2. The molecule has 0 bridgehead atoms. The molecule has 2 heterocycles. The molecule has 1 fully saturated rings. The minimum Gasteiger partial charge on any atom is -0.338 e. The second-order valence-corrected chi connectivity index (χ2v) is 7.72. The van der Waals surface area contributed by atoms with E-state index in [2.05, 4.69) is 27.9 Å². The standard InChI is InChI=1S/C24H27N5O2/c30-23(27-21-5-2-1-3-6-21)20-12-17-28(18-13-20)24(31)25-15-11-19-7-9-22(10-8-19)29-16-4-14-26-29/h1-10,14,16,20H,11-13,15,17-18H2,(H,25,31)(H,27,30). The number of rotatable bonds is 6. The molecule has 2 aromatic carbocycles. The SMILES string of the molecule is O=C(Nc1ccccc1)C1CCN(C(=O)NCCc2ccc(-n3cccn3)cc2)CC1. The van der Waals surface area contributed by atoms with E-state index in [4.69, 9.17) is 0 Å². The van der Waals surface area contributed by atoms with E-state index in [0.717, 1.165) is 23.4 Å². The molecule has 0 atom stereocenters. The van der Waals surface area contributed by atoms with Gasteiger partial charge in [-0.25, -0.2) is 9.48 Å². The van der Waals surface area contributed by atoms with Gasteiger partial charge in [0, 0.05) is 43.6 Å². The molecule has 1 aliphatic rings. The van der Waals surface area contributed by atoms with Gasteiger partial charge in [0.1, 0.15) is 0 Å². The van der Waals surface area contributed by atoms with Crippen molar-refractivity contribution < 1.29 is 9.59 Å². The lowest BCUT2D eigenvalue weighted by molar-refractivity contribution is -0.121. The van der Waals surface area contributed by atoms with E-state index in [1.807, 2.05) is 59.4 Å². The van der Waals surface area contributed by atoms with E-state index < -0.39 is 0 Å². The van der Waals surface area contributed by atoms with Crippen molar-refractivity contribution in [2.75, 3.05) is 25.0 Å². The maximum absolute atomic E-state index is 12.5. The van der Waals surface area contributed by atoms with Crippen LogP contribution in [0.15, 0.2) is 73.1 Å². The van der Waals surface area contributed by atoms with Crippen molar-refractivity contribution in [3.8, 4) is 5.69 Å². The van der Waals surface area contributed by atoms with Crippen molar-refractivity contribution in [1.29, 1.82) is 0 Å². The van der Waals surface area contributed by atoms with Crippen molar-refractivity contribution in [2.24, 2.45) is 5.92 Å². The van der Waals surface area contributed by atoms with Gasteiger partial charge in [-0.3, -0.25) is 4.79 Å². The Bertz CT molecular complexity index is 979. The maximum atomic E-state index is 12.5. The topological polar surface area (TPSA) is 79.3 Å². The molecule has 0 saturated carbocycles. The van der Waals surface area contributed by atoms with Crippen LogP contribution in [-0.4, -0.2) is 46.3 Å². The van der Waals surface area contributed by atoms with Crippen LogP contribution < -0.4 is 10.6 Å². The zero-order chi connectivity index (χ0) is 21.5. The predicted octanol–water partition coefficient (Wildman–Crippen LogP) is 3.48. The normalized spacial score (nSPS) is 14.3. The summed E-state index contributed by atoms with van der Waals surface area (Å²) >= 11 is 0. The van der Waals surface area contributed by atoms with Crippen molar-refractivity contribution >= 4 is 17.6 Å². The van der Waals surface area contributed by atoms with Gasteiger partial charge in [-0.2, -0.15) is 5.10 Å². The number of para-hydroxylation sites is 1. The molecule has 0 unspecified atom stereocenters. The lowest BCUT2D eigenvalue weighted by Crippen LogP contribution is -2.46. The summed E-state index contributed by atoms with van der Waals surface area (Å²) in [7, 11) is 0. The summed E-state index contributed by atoms with van der Waals surface area (Å²) in [6.45, 7) is 1.77. The zero-order valence-corrected chi connectivity index (χ0v) is 17.4. The number of amides is 3. The van der Waals surface area contributed by atoms with E-state index in [0.29, 0.717) is 32.5 Å². The average molecular weight is 418 g/mol. The molecule has 160 valence electrons. The number of hydrogen-bond acceptors (Lipinski definition) is 3. The molecule has 0 radical (unpaired) electrons. The van der Waals surface area contributed by atoms with Gasteiger partial charge < -0.3 is 15.5 Å². The van der Waals surface area contributed by atoms with Crippen molar-refractivity contribution in [2.45, 2.75) is 19.3 Å². The van der Waals surface area contributed by atoms with Gasteiger partial charge in [0.05, 0.1) is 5.69 Å². The highest BCUT2D eigenvalue weighted by atomic mass is 16.2. The minimum absolute atomic E-state index is 0.0322. The van der Waals surface area contributed by atoms with Crippen LogP contribution in [0.4, 0.5) is 10.5 Å². The first-order valence-corrected chi connectivity index (χ1v) is 10.7. The summed E-state index contributed by atoms with van der Waals surface area (Å²) in [5.74, 6) is -0.0256. The molecule has 7 heteroatoms. The Balaban J connectivity index is 1.17. The van der Waals surface area contributed by atoms with Crippen LogP contribution in [0.3, 0.4) is 0 Å². The Labute approximate surface area is 182 Å². The molecule has 2 N–H and O–H groups in total. The lowest BCUT2D eigenvalue weighted by atomic mass is 9.96. The highest BCUT2D eigenvalue weighted by Gasteiger charge is 2.27. The minimum atomic E-state index is -0.0601. The van der Waals surface area contributed by atoms with Gasteiger partial charge in [-0.05, 0) is 55.2 Å².